The van der Waals surface area contributed by atoms with Gasteiger partial charge in [-0.25, -0.2) is 0 Å². The van der Waals surface area contributed by atoms with E-state index in [0.717, 1.165) is 12.0 Å². The van der Waals surface area contributed by atoms with Crippen LogP contribution < -0.4 is 5.32 Å². The Morgan fingerprint density at radius 1 is 1.39 bits per heavy atom. The second kappa shape index (κ2) is 7.20. The van der Waals surface area contributed by atoms with Gasteiger partial charge in [0.15, 0.2) is 0 Å². The average molecular weight is 401 g/mol. The number of hydrogen-bond acceptors (Lipinski definition) is 7. The number of fused-ring (bicyclic) bond motifs is 1. The summed E-state index contributed by atoms with van der Waals surface area (Å²) in [6.45, 7) is 6.00. The smallest absolute Gasteiger partial charge is 0.249 e. The molecule has 2 aromatic heterocycles. The summed E-state index contributed by atoms with van der Waals surface area (Å²) in [4.78, 5) is 35.3. The number of nitrogens with one attached hydrogen (secondary N) is 1. The highest BCUT2D eigenvalue weighted by Crippen LogP contribution is 2.47. The van der Waals surface area contributed by atoms with Crippen molar-refractivity contribution in [2.45, 2.75) is 50.6 Å². The van der Waals surface area contributed by atoms with Crippen molar-refractivity contribution in [1.29, 1.82) is 0 Å². The largest absolute Gasteiger partial charge is 0.342 e. The molecule has 4 rings (SSSR count). The fourth-order valence-electron chi connectivity index (χ4n) is 3.76. The first-order chi connectivity index (χ1) is 13.4. The van der Waals surface area contributed by atoms with Crippen LogP contribution in [0.1, 0.15) is 45.5 Å². The van der Waals surface area contributed by atoms with Crippen LogP contribution in [-0.4, -0.2) is 48.5 Å². The van der Waals surface area contributed by atoms with Gasteiger partial charge in [-0.1, -0.05) is 19.0 Å². The molecule has 1 N–H and O–H groups in total. The van der Waals surface area contributed by atoms with E-state index in [1.807, 2.05) is 20.8 Å². The zero-order chi connectivity index (χ0) is 19.9. The zero-order valence-electron chi connectivity index (χ0n) is 16.1. The number of pyridine rings is 1. The fraction of sp³-hybridized carbons (Fsp3) is 0.526. The summed E-state index contributed by atoms with van der Waals surface area (Å²) in [6, 6.07) is 2.71. The van der Waals surface area contributed by atoms with Crippen LogP contribution >= 0.6 is 11.8 Å². The Labute approximate surface area is 167 Å². The van der Waals surface area contributed by atoms with E-state index in [1.165, 1.54) is 0 Å². The lowest BCUT2D eigenvalue weighted by Crippen LogP contribution is -2.51. The molecule has 2 aliphatic heterocycles. The van der Waals surface area contributed by atoms with Crippen LogP contribution in [0.15, 0.2) is 29.0 Å². The van der Waals surface area contributed by atoms with Gasteiger partial charge in [0.2, 0.25) is 23.5 Å². The third kappa shape index (κ3) is 3.28. The number of carbonyl (C=O) groups is 2. The minimum atomic E-state index is -0.464. The van der Waals surface area contributed by atoms with Gasteiger partial charge in [0.25, 0.3) is 0 Å². The minimum absolute atomic E-state index is 0.0457. The van der Waals surface area contributed by atoms with Crippen LogP contribution in [0.25, 0.3) is 11.4 Å². The second-order valence-corrected chi connectivity index (χ2v) is 9.19. The normalized spacial score (nSPS) is 25.2. The lowest BCUT2D eigenvalue weighted by molar-refractivity contribution is -0.138. The molecule has 2 aliphatic rings. The molecule has 4 heterocycles. The molecule has 9 heteroatoms. The Kier molecular flexibility index (Phi) is 4.86. The summed E-state index contributed by atoms with van der Waals surface area (Å²) in [5.74, 6) is 1.34. The van der Waals surface area contributed by atoms with Crippen molar-refractivity contribution >= 4 is 23.6 Å². The van der Waals surface area contributed by atoms with Crippen LogP contribution in [0.3, 0.4) is 0 Å². The Bertz CT molecular complexity index is 887. The molecule has 2 amide bonds. The van der Waals surface area contributed by atoms with Gasteiger partial charge in [0, 0.05) is 30.1 Å². The second-order valence-electron chi connectivity index (χ2n) is 7.69. The predicted octanol–water partition coefficient (Wildman–Crippen LogP) is 2.40. The van der Waals surface area contributed by atoms with Gasteiger partial charge < -0.3 is 14.7 Å². The summed E-state index contributed by atoms with van der Waals surface area (Å²) in [5.41, 5.74) is 0.796. The molecule has 0 radical (unpaired) electrons. The van der Waals surface area contributed by atoms with Crippen molar-refractivity contribution in [3.05, 3.63) is 30.4 Å². The van der Waals surface area contributed by atoms with E-state index in [-0.39, 0.29) is 22.6 Å². The van der Waals surface area contributed by atoms with Crippen LogP contribution in [0, 0.1) is 5.92 Å². The van der Waals surface area contributed by atoms with E-state index in [2.05, 4.69) is 20.4 Å². The van der Waals surface area contributed by atoms with Gasteiger partial charge in [0.05, 0.1) is 4.87 Å². The van der Waals surface area contributed by atoms with E-state index < -0.39 is 12.1 Å². The maximum Gasteiger partial charge on any atom is 0.249 e. The first-order valence-electron chi connectivity index (χ1n) is 9.39. The molecule has 0 spiro atoms. The first-order valence-corrected chi connectivity index (χ1v) is 10.4. The molecule has 2 aromatic rings. The molecule has 3 unspecified atom stereocenters. The monoisotopic (exact) mass is 401 g/mol. The van der Waals surface area contributed by atoms with E-state index in [0.29, 0.717) is 23.9 Å². The molecule has 0 bridgehead atoms. The molecule has 0 aromatic carbocycles. The highest BCUT2D eigenvalue weighted by atomic mass is 32.2. The summed E-state index contributed by atoms with van der Waals surface area (Å²) < 4.78 is 5.45. The Morgan fingerprint density at radius 3 is 2.86 bits per heavy atom. The SMILES string of the molecule is CC(C)C(NC(=O)C1CSC2(C)CCC(=O)N12)c1nc(-c2ccncc2)no1. The van der Waals surface area contributed by atoms with Gasteiger partial charge >= 0.3 is 0 Å². The van der Waals surface area contributed by atoms with Crippen LogP contribution in [0.5, 0.6) is 0 Å². The standard InChI is InChI=1S/C19H23N5O3S/c1-11(2)15(18-22-16(23-27-18)12-5-8-20-9-6-12)21-17(26)13-10-28-19(3)7-4-14(25)24(13)19/h5-6,8-9,11,13,15H,4,7,10H2,1-3H3,(H,21,26). The molecular weight excluding hydrogens is 378 g/mol. The lowest BCUT2D eigenvalue weighted by atomic mass is 10.0. The fourth-order valence-corrected chi connectivity index (χ4v) is 5.19. The van der Waals surface area contributed by atoms with Gasteiger partial charge in [0.1, 0.15) is 12.1 Å². The number of nitrogens with zero attached hydrogens (tertiary/aromatic N) is 4. The molecule has 28 heavy (non-hydrogen) atoms. The first kappa shape index (κ1) is 18.9. The molecule has 0 aliphatic carbocycles. The number of aromatic nitrogens is 3. The Morgan fingerprint density at radius 2 is 2.14 bits per heavy atom. The number of thioether (sulfide) groups is 1. The molecule has 8 nitrogen and oxygen atoms in total. The quantitative estimate of drug-likeness (QED) is 0.821. The summed E-state index contributed by atoms with van der Waals surface area (Å²) in [7, 11) is 0. The lowest BCUT2D eigenvalue weighted by Gasteiger charge is -2.30. The van der Waals surface area contributed by atoms with Crippen molar-refractivity contribution in [2.24, 2.45) is 5.92 Å². The molecule has 148 valence electrons. The molecular formula is C19H23N5O3S. The third-order valence-electron chi connectivity index (χ3n) is 5.36. The zero-order valence-corrected chi connectivity index (χ0v) is 16.9. The van der Waals surface area contributed by atoms with Crippen LogP contribution in [-0.2, 0) is 9.59 Å². The Balaban J connectivity index is 1.53. The minimum Gasteiger partial charge on any atom is -0.342 e. The number of rotatable bonds is 5. The van der Waals surface area contributed by atoms with Crippen molar-refractivity contribution in [1.82, 2.24) is 25.3 Å². The van der Waals surface area contributed by atoms with Crippen molar-refractivity contribution in [2.75, 3.05) is 5.75 Å². The Hall–Kier alpha value is -2.42. The van der Waals surface area contributed by atoms with E-state index >= 15 is 0 Å². The number of amides is 2. The van der Waals surface area contributed by atoms with E-state index in [4.69, 9.17) is 4.52 Å². The highest BCUT2D eigenvalue weighted by molar-refractivity contribution is 8.01. The van der Waals surface area contributed by atoms with Crippen molar-refractivity contribution in [3.63, 3.8) is 0 Å². The van der Waals surface area contributed by atoms with Crippen LogP contribution in [0.4, 0.5) is 0 Å². The summed E-state index contributed by atoms with van der Waals surface area (Å²) in [6.07, 6.45) is 4.61. The number of hydrogen-bond donors (Lipinski definition) is 1. The van der Waals surface area contributed by atoms with Gasteiger partial charge in [-0.15, -0.1) is 11.8 Å². The average Bonchev–Trinajstić information content (AvgIpc) is 3.36. The molecule has 2 fully saturated rings. The van der Waals surface area contributed by atoms with Gasteiger partial charge in [-0.2, -0.15) is 4.98 Å². The van der Waals surface area contributed by atoms with Crippen molar-refractivity contribution < 1.29 is 14.1 Å². The van der Waals surface area contributed by atoms with Crippen molar-refractivity contribution in [3.8, 4) is 11.4 Å². The van der Waals surface area contributed by atoms with Gasteiger partial charge in [-0.05, 0) is 31.4 Å². The molecule has 2 saturated heterocycles. The predicted molar refractivity (Wildman–Crippen MR) is 104 cm³/mol. The summed E-state index contributed by atoms with van der Waals surface area (Å²) in [5, 5.41) is 7.07. The molecule has 0 saturated carbocycles. The number of carbonyl (C=O) groups excluding carboxylic acids is 2. The summed E-state index contributed by atoms with van der Waals surface area (Å²) >= 11 is 1.68. The third-order valence-corrected chi connectivity index (χ3v) is 6.86. The molecule has 3 atom stereocenters. The van der Waals surface area contributed by atoms with E-state index in [9.17, 15) is 9.59 Å². The maximum atomic E-state index is 13.0. The van der Waals surface area contributed by atoms with E-state index in [1.54, 1.807) is 41.2 Å². The van der Waals surface area contributed by atoms with Gasteiger partial charge in [-0.3, -0.25) is 14.6 Å². The highest BCUT2D eigenvalue weighted by Gasteiger charge is 2.53. The maximum absolute atomic E-state index is 13.0. The van der Waals surface area contributed by atoms with Crippen LogP contribution in [0.2, 0.25) is 0 Å². The topological polar surface area (TPSA) is 101 Å².